The number of methoxy groups -OCH3 is 1. The Kier molecular flexibility index (Phi) is 3.60. The Labute approximate surface area is 99.6 Å². The molecule has 0 aliphatic carbocycles. The summed E-state index contributed by atoms with van der Waals surface area (Å²) in [7, 11) is 1.68. The number of hydrogen-bond acceptors (Lipinski definition) is 2. The fourth-order valence-electron chi connectivity index (χ4n) is 1.25. The molecular weight excluding hydrogens is 277 g/mol. The van der Waals surface area contributed by atoms with Crippen LogP contribution in [0.25, 0.3) is 10.1 Å². The van der Waals surface area contributed by atoms with Crippen LogP contribution in [0, 0.1) is 0 Å². The predicted octanol–water partition coefficient (Wildman–Crippen LogP) is 2.61. The topological polar surface area (TPSA) is 22.1 Å². The molecule has 0 aliphatic heterocycles. The Morgan fingerprint density at radius 3 is 2.73 bits per heavy atom. The molecule has 0 unspecified atom stereocenters. The number of nitrogens with zero attached hydrogens (tertiary/aromatic N) is 1. The van der Waals surface area contributed by atoms with Crippen LogP contribution in [0.5, 0.6) is 0 Å². The summed E-state index contributed by atoms with van der Waals surface area (Å²) in [6.07, 6.45) is 0. The van der Waals surface area contributed by atoms with E-state index in [2.05, 4.69) is 9.92 Å². The van der Waals surface area contributed by atoms with E-state index in [0.717, 1.165) is 20.8 Å². The second-order valence-electron chi connectivity index (χ2n) is 3.08. The number of aromatic nitrogens is 1. The zero-order chi connectivity index (χ0) is 10.7. The summed E-state index contributed by atoms with van der Waals surface area (Å²) in [5, 5.41) is 0.759. The molecule has 0 amide bonds. The van der Waals surface area contributed by atoms with E-state index in [-0.39, 0.29) is 0 Å². The first-order chi connectivity index (χ1) is 7.29. The summed E-state index contributed by atoms with van der Waals surface area (Å²) in [5.74, 6) is 0. The van der Waals surface area contributed by atoms with Crippen molar-refractivity contribution in [3.8, 4) is 10.1 Å². The molecular formula is C11H10ClNOSe. The van der Waals surface area contributed by atoms with Gasteiger partial charge < -0.3 is 0 Å². The number of hydrogen-bond donors (Lipinski definition) is 0. The quantitative estimate of drug-likeness (QED) is 0.809. The SMILES string of the molecule is COCc1c[se]c(-c2ccc(Cl)cc2)n1. The Hall–Kier alpha value is -0.601. The molecule has 15 heavy (non-hydrogen) atoms. The molecule has 2 aromatic rings. The van der Waals surface area contributed by atoms with Gasteiger partial charge in [0, 0.05) is 0 Å². The van der Waals surface area contributed by atoms with Crippen molar-refractivity contribution >= 4 is 26.1 Å². The van der Waals surface area contributed by atoms with Crippen LogP contribution in [0.4, 0.5) is 0 Å². The number of halogens is 1. The molecule has 0 saturated carbocycles. The van der Waals surface area contributed by atoms with Gasteiger partial charge in [-0.15, -0.1) is 0 Å². The van der Waals surface area contributed by atoms with Crippen molar-refractivity contribution in [3.05, 3.63) is 39.9 Å². The third kappa shape index (κ3) is 2.70. The minimum atomic E-state index is 0.321. The molecule has 2 rings (SSSR count). The second-order valence-corrected chi connectivity index (χ2v) is 5.32. The molecule has 1 heterocycles. The van der Waals surface area contributed by atoms with Crippen molar-refractivity contribution in [1.29, 1.82) is 0 Å². The molecule has 0 saturated heterocycles. The molecule has 0 bridgehead atoms. The Balaban J connectivity index is 2.25. The maximum atomic E-state index is 5.83. The van der Waals surface area contributed by atoms with E-state index in [1.54, 1.807) is 7.11 Å². The molecule has 4 heteroatoms. The third-order valence-corrected chi connectivity index (χ3v) is 4.16. The molecule has 1 aromatic heterocycles. The van der Waals surface area contributed by atoms with Crippen LogP contribution in [-0.4, -0.2) is 26.6 Å². The zero-order valence-electron chi connectivity index (χ0n) is 8.24. The molecule has 0 radical (unpaired) electrons. The first-order valence-corrected chi connectivity index (χ1v) is 6.71. The summed E-state index contributed by atoms with van der Waals surface area (Å²) in [6, 6.07) is 7.80. The van der Waals surface area contributed by atoms with Crippen molar-refractivity contribution in [3.63, 3.8) is 0 Å². The molecule has 1 aromatic carbocycles. The van der Waals surface area contributed by atoms with Crippen LogP contribution in [0.2, 0.25) is 5.02 Å². The van der Waals surface area contributed by atoms with Crippen LogP contribution in [0.15, 0.2) is 29.2 Å². The second kappa shape index (κ2) is 4.95. The van der Waals surface area contributed by atoms with E-state index in [1.165, 1.54) is 0 Å². The summed E-state index contributed by atoms with van der Waals surface area (Å²) in [5.41, 5.74) is 2.18. The van der Waals surface area contributed by atoms with Gasteiger partial charge in [-0.25, -0.2) is 0 Å². The van der Waals surface area contributed by atoms with E-state index < -0.39 is 0 Å². The number of ether oxygens (including phenoxy) is 1. The third-order valence-electron chi connectivity index (χ3n) is 1.94. The van der Waals surface area contributed by atoms with Gasteiger partial charge in [-0.3, -0.25) is 0 Å². The molecule has 0 spiro atoms. The van der Waals surface area contributed by atoms with Crippen LogP contribution in [0.3, 0.4) is 0 Å². The monoisotopic (exact) mass is 287 g/mol. The Morgan fingerprint density at radius 1 is 1.33 bits per heavy atom. The van der Waals surface area contributed by atoms with Crippen LogP contribution in [0.1, 0.15) is 5.69 Å². The van der Waals surface area contributed by atoms with Crippen molar-refractivity contribution in [2.24, 2.45) is 0 Å². The number of benzene rings is 1. The summed E-state index contributed by atoms with van der Waals surface area (Å²) in [4.78, 5) is 6.67. The average Bonchev–Trinajstić information content (AvgIpc) is 2.68. The molecule has 78 valence electrons. The first-order valence-electron chi connectivity index (χ1n) is 4.49. The fourth-order valence-corrected chi connectivity index (χ4v) is 3.07. The van der Waals surface area contributed by atoms with E-state index in [0.29, 0.717) is 21.1 Å². The summed E-state index contributed by atoms with van der Waals surface area (Å²) < 4.78 is 6.19. The average molecular weight is 287 g/mol. The fraction of sp³-hybridized carbons (Fsp3) is 0.182. The maximum absolute atomic E-state index is 5.83. The van der Waals surface area contributed by atoms with Crippen LogP contribution in [-0.2, 0) is 11.3 Å². The van der Waals surface area contributed by atoms with Crippen molar-refractivity contribution in [2.45, 2.75) is 6.61 Å². The first kappa shape index (κ1) is 10.9. The summed E-state index contributed by atoms with van der Waals surface area (Å²) >= 11 is 6.15. The number of rotatable bonds is 3. The van der Waals surface area contributed by atoms with Crippen LogP contribution < -0.4 is 0 Å². The molecule has 0 atom stereocenters. The van der Waals surface area contributed by atoms with Gasteiger partial charge in [0.25, 0.3) is 0 Å². The Morgan fingerprint density at radius 2 is 2.07 bits per heavy atom. The zero-order valence-corrected chi connectivity index (χ0v) is 10.7. The normalized spacial score (nSPS) is 10.5. The van der Waals surface area contributed by atoms with E-state index >= 15 is 0 Å². The molecule has 2 nitrogen and oxygen atoms in total. The van der Waals surface area contributed by atoms with Crippen molar-refractivity contribution in [1.82, 2.24) is 4.98 Å². The molecule has 0 fully saturated rings. The Bertz CT molecular complexity index is 438. The van der Waals surface area contributed by atoms with Gasteiger partial charge in [0.15, 0.2) is 0 Å². The van der Waals surface area contributed by atoms with Crippen molar-refractivity contribution < 1.29 is 4.74 Å². The predicted molar refractivity (Wildman–Crippen MR) is 62.3 cm³/mol. The van der Waals surface area contributed by atoms with Gasteiger partial charge in [-0.2, -0.15) is 0 Å². The van der Waals surface area contributed by atoms with E-state index in [1.807, 2.05) is 24.3 Å². The standard InChI is InChI=1S/C11H10ClNOSe/c1-14-6-10-7-15-11(13-10)8-2-4-9(12)5-3-8/h2-5,7H,6H2,1H3. The molecule has 0 N–H and O–H groups in total. The van der Waals surface area contributed by atoms with E-state index in [9.17, 15) is 0 Å². The van der Waals surface area contributed by atoms with Crippen LogP contribution >= 0.6 is 11.6 Å². The molecule has 0 aliphatic rings. The summed E-state index contributed by atoms with van der Waals surface area (Å²) in [6.45, 7) is 0.596. The van der Waals surface area contributed by atoms with Gasteiger partial charge >= 0.3 is 99.6 Å². The van der Waals surface area contributed by atoms with Gasteiger partial charge in [0.05, 0.1) is 0 Å². The van der Waals surface area contributed by atoms with Gasteiger partial charge in [0.2, 0.25) is 0 Å². The van der Waals surface area contributed by atoms with Gasteiger partial charge in [0.1, 0.15) is 0 Å². The minimum absolute atomic E-state index is 0.321. The van der Waals surface area contributed by atoms with Gasteiger partial charge in [-0.05, 0) is 0 Å². The van der Waals surface area contributed by atoms with Gasteiger partial charge in [-0.1, -0.05) is 0 Å². The van der Waals surface area contributed by atoms with E-state index in [4.69, 9.17) is 16.3 Å². The van der Waals surface area contributed by atoms with Crippen molar-refractivity contribution in [2.75, 3.05) is 7.11 Å².